The fourth-order valence-corrected chi connectivity index (χ4v) is 5.85. The van der Waals surface area contributed by atoms with Crippen molar-refractivity contribution in [2.45, 2.75) is 43.5 Å². The largest absolute Gasteiger partial charge is 0.494 e. The highest BCUT2D eigenvalue weighted by molar-refractivity contribution is 7.18. The second-order valence-electron chi connectivity index (χ2n) is 8.13. The van der Waals surface area contributed by atoms with Crippen LogP contribution in [0.15, 0.2) is 12.1 Å². The lowest BCUT2D eigenvalue weighted by atomic mass is 9.91. The van der Waals surface area contributed by atoms with Gasteiger partial charge in [-0.2, -0.15) is 0 Å². The smallest absolute Gasteiger partial charge is 0.314 e. The number of hydrogen-bond donors (Lipinski definition) is 1. The Labute approximate surface area is 179 Å². The molecule has 5 rings (SSSR count). The number of likely N-dealkylation sites (tertiary alicyclic amines) is 1. The molecule has 2 N–H and O–H groups in total. The maximum Gasteiger partial charge on any atom is 0.314 e. The van der Waals surface area contributed by atoms with E-state index < -0.39 is 11.8 Å². The molecule has 3 aliphatic rings. The first-order valence-electron chi connectivity index (χ1n) is 10.5. The van der Waals surface area contributed by atoms with Crippen LogP contribution in [0.2, 0.25) is 0 Å². The summed E-state index contributed by atoms with van der Waals surface area (Å²) >= 11 is 1.68. The van der Waals surface area contributed by atoms with E-state index in [1.54, 1.807) is 23.3 Å². The van der Waals surface area contributed by atoms with Gasteiger partial charge in [-0.05, 0) is 30.4 Å². The first-order chi connectivity index (χ1) is 14.6. The lowest BCUT2D eigenvalue weighted by Crippen LogP contribution is -2.49. The summed E-state index contributed by atoms with van der Waals surface area (Å²) in [6, 6.07) is 3.80. The summed E-state index contributed by atoms with van der Waals surface area (Å²) < 4.78 is 24.8. The average molecular weight is 434 g/mol. The van der Waals surface area contributed by atoms with Crippen molar-refractivity contribution in [2.75, 3.05) is 40.0 Å². The molecule has 4 heterocycles. The van der Waals surface area contributed by atoms with E-state index in [4.69, 9.17) is 29.7 Å². The van der Waals surface area contributed by atoms with Crippen LogP contribution in [0, 0.1) is 0 Å². The molecule has 2 aromatic rings. The number of thiazole rings is 1. The van der Waals surface area contributed by atoms with Gasteiger partial charge in [-0.1, -0.05) is 6.07 Å². The van der Waals surface area contributed by atoms with Crippen molar-refractivity contribution in [2.24, 2.45) is 5.73 Å². The monoisotopic (exact) mass is 433 g/mol. The zero-order valence-electron chi connectivity index (χ0n) is 17.1. The number of piperidine rings is 1. The lowest BCUT2D eigenvalue weighted by Gasteiger charge is -2.37. The number of carbonyl (C=O) groups excluding carboxylic acids is 1. The number of ether oxygens (including phenoxy) is 4. The number of nitrogens with zero attached hydrogens (tertiary/aromatic N) is 2. The summed E-state index contributed by atoms with van der Waals surface area (Å²) in [5.41, 5.74) is 7.61. The van der Waals surface area contributed by atoms with Gasteiger partial charge in [0, 0.05) is 39.1 Å². The van der Waals surface area contributed by atoms with Crippen molar-refractivity contribution in [1.29, 1.82) is 0 Å². The van der Waals surface area contributed by atoms with Gasteiger partial charge in [0.1, 0.15) is 22.4 Å². The summed E-state index contributed by atoms with van der Waals surface area (Å²) in [6.45, 7) is 3.15. The molecule has 1 unspecified atom stereocenters. The predicted molar refractivity (Wildman–Crippen MR) is 112 cm³/mol. The van der Waals surface area contributed by atoms with Gasteiger partial charge in [-0.15, -0.1) is 11.3 Å². The van der Waals surface area contributed by atoms with E-state index in [0.29, 0.717) is 38.5 Å². The van der Waals surface area contributed by atoms with E-state index in [1.807, 2.05) is 6.07 Å². The third-order valence-electron chi connectivity index (χ3n) is 6.40. The molecule has 1 aromatic carbocycles. The number of benzene rings is 1. The van der Waals surface area contributed by atoms with Gasteiger partial charge < -0.3 is 29.6 Å². The summed E-state index contributed by atoms with van der Waals surface area (Å²) in [4.78, 5) is 18.0. The molecule has 30 heavy (non-hydrogen) atoms. The van der Waals surface area contributed by atoms with E-state index in [-0.39, 0.29) is 6.10 Å². The van der Waals surface area contributed by atoms with Crippen LogP contribution in [0.5, 0.6) is 5.75 Å². The van der Waals surface area contributed by atoms with Crippen molar-refractivity contribution >= 4 is 27.6 Å². The number of hydrogen-bond acceptors (Lipinski definition) is 7. The summed E-state index contributed by atoms with van der Waals surface area (Å²) in [5.74, 6) is 0.611. The van der Waals surface area contributed by atoms with Gasteiger partial charge >= 0.3 is 6.03 Å². The first kappa shape index (κ1) is 20.0. The van der Waals surface area contributed by atoms with Gasteiger partial charge in [-0.25, -0.2) is 9.78 Å². The molecule has 162 valence electrons. The van der Waals surface area contributed by atoms with Crippen molar-refractivity contribution < 1.29 is 23.7 Å². The predicted octanol–water partition coefficient (Wildman–Crippen LogP) is 3.16. The summed E-state index contributed by atoms with van der Waals surface area (Å²) in [5, 5.41) is 0.914. The quantitative estimate of drug-likeness (QED) is 0.799. The summed E-state index contributed by atoms with van der Waals surface area (Å²) in [7, 11) is 1.68. The van der Waals surface area contributed by atoms with E-state index in [0.717, 1.165) is 42.3 Å². The van der Waals surface area contributed by atoms with Crippen molar-refractivity contribution in [3.05, 3.63) is 22.7 Å². The Bertz CT molecular complexity index is 934. The number of methoxy groups -OCH3 is 1. The molecule has 1 aromatic heterocycles. The minimum absolute atomic E-state index is 0.213. The Morgan fingerprint density at radius 3 is 2.77 bits per heavy atom. The molecule has 3 saturated heterocycles. The minimum atomic E-state index is -0.651. The van der Waals surface area contributed by atoms with Gasteiger partial charge in [-0.3, -0.25) is 0 Å². The average Bonchev–Trinajstić information content (AvgIpc) is 3.39. The highest BCUT2D eigenvalue weighted by atomic mass is 32.1. The molecule has 0 bridgehead atoms. The molecule has 3 fully saturated rings. The zero-order valence-corrected chi connectivity index (χ0v) is 17.9. The molecular weight excluding hydrogens is 406 g/mol. The van der Waals surface area contributed by atoms with Crippen LogP contribution in [0.25, 0.3) is 10.2 Å². The second-order valence-corrected chi connectivity index (χ2v) is 9.16. The Balaban J connectivity index is 1.41. The Hall–Kier alpha value is -1.94. The van der Waals surface area contributed by atoms with Crippen molar-refractivity contribution in [1.82, 2.24) is 9.88 Å². The van der Waals surface area contributed by atoms with E-state index in [1.165, 1.54) is 10.3 Å². The number of urea groups is 1. The van der Waals surface area contributed by atoms with Gasteiger partial charge in [0.2, 0.25) is 0 Å². The molecule has 0 aliphatic carbocycles. The van der Waals surface area contributed by atoms with Gasteiger partial charge in [0.05, 0.1) is 18.4 Å². The highest BCUT2D eigenvalue weighted by Crippen LogP contribution is 2.45. The number of primary amides is 1. The Morgan fingerprint density at radius 1 is 1.30 bits per heavy atom. The molecule has 3 aliphatic heterocycles. The first-order valence-corrected chi connectivity index (χ1v) is 11.3. The fraction of sp³-hybridized carbons (Fsp3) is 0.619. The Morgan fingerprint density at radius 2 is 2.07 bits per heavy atom. The SMILES string of the molecule is COc1ccc(C2CCOCC2)c2sc(C3COC4(CCN(C(N)=O)CC4)O3)nc12. The molecule has 2 amide bonds. The maximum absolute atomic E-state index is 11.4. The van der Waals surface area contributed by atoms with Gasteiger partial charge in [0.25, 0.3) is 0 Å². The highest BCUT2D eigenvalue weighted by Gasteiger charge is 2.45. The second kappa shape index (κ2) is 7.96. The molecule has 9 heteroatoms. The zero-order chi connectivity index (χ0) is 20.7. The number of rotatable bonds is 3. The van der Waals surface area contributed by atoms with Crippen LogP contribution < -0.4 is 10.5 Å². The number of aromatic nitrogens is 1. The lowest BCUT2D eigenvalue weighted by molar-refractivity contribution is -0.192. The number of nitrogens with two attached hydrogens (primary N) is 1. The van der Waals surface area contributed by atoms with E-state index >= 15 is 0 Å². The van der Waals surface area contributed by atoms with Crippen molar-refractivity contribution in [3.8, 4) is 5.75 Å². The fourth-order valence-electron chi connectivity index (χ4n) is 4.66. The molecule has 0 saturated carbocycles. The summed E-state index contributed by atoms with van der Waals surface area (Å²) in [6.07, 6.45) is 3.07. The van der Waals surface area contributed by atoms with E-state index in [2.05, 4.69) is 6.07 Å². The number of fused-ring (bicyclic) bond motifs is 1. The molecule has 0 radical (unpaired) electrons. The molecular formula is C21H27N3O5S. The van der Waals surface area contributed by atoms with Crippen LogP contribution in [-0.4, -0.2) is 61.7 Å². The number of carbonyl (C=O) groups is 1. The van der Waals surface area contributed by atoms with Crippen molar-refractivity contribution in [3.63, 3.8) is 0 Å². The maximum atomic E-state index is 11.4. The van der Waals surface area contributed by atoms with Crippen LogP contribution >= 0.6 is 11.3 Å². The molecule has 8 nitrogen and oxygen atoms in total. The van der Waals surface area contributed by atoms with Crippen LogP contribution in [-0.2, 0) is 14.2 Å². The minimum Gasteiger partial charge on any atom is -0.494 e. The van der Waals surface area contributed by atoms with E-state index in [9.17, 15) is 4.79 Å². The van der Waals surface area contributed by atoms with Crippen LogP contribution in [0.1, 0.15) is 48.3 Å². The third-order valence-corrected chi connectivity index (χ3v) is 7.60. The molecule has 1 spiro atoms. The topological polar surface area (TPSA) is 96.1 Å². The Kier molecular flexibility index (Phi) is 5.30. The number of amides is 2. The standard InChI is InChI=1S/C21H27N3O5S/c1-26-15-3-2-14(13-4-10-27-11-5-13)18-17(15)23-19(30-18)16-12-28-21(29-16)6-8-24(9-7-21)20(22)25/h2-3,13,16H,4-12H2,1H3,(H2,22,25). The normalized spacial score (nSPS) is 24.6. The van der Waals surface area contributed by atoms with Gasteiger partial charge in [0.15, 0.2) is 5.79 Å². The molecule has 1 atom stereocenters. The van der Waals surface area contributed by atoms with Crippen LogP contribution in [0.3, 0.4) is 0 Å². The third kappa shape index (κ3) is 3.53. The van der Waals surface area contributed by atoms with Crippen LogP contribution in [0.4, 0.5) is 4.79 Å².